The Morgan fingerprint density at radius 1 is 1.25 bits per heavy atom. The highest BCUT2D eigenvalue weighted by Gasteiger charge is 2.29. The molecule has 1 heterocycles. The van der Waals surface area contributed by atoms with Gasteiger partial charge in [0.25, 0.3) is 0 Å². The van der Waals surface area contributed by atoms with Crippen LogP contribution in [-0.2, 0) is 0 Å². The van der Waals surface area contributed by atoms with Crippen LogP contribution in [0.5, 0.6) is 0 Å². The Labute approximate surface area is 96.6 Å². The van der Waals surface area contributed by atoms with E-state index < -0.39 is 0 Å². The number of hydrazine groups is 1. The van der Waals surface area contributed by atoms with E-state index in [0.29, 0.717) is 17.8 Å². The summed E-state index contributed by atoms with van der Waals surface area (Å²) in [5.41, 5.74) is 2.56. The van der Waals surface area contributed by atoms with Gasteiger partial charge in [-0.25, -0.2) is 10.8 Å². The lowest BCUT2D eigenvalue weighted by Crippen LogP contribution is -2.24. The van der Waals surface area contributed by atoms with Crippen LogP contribution < -0.4 is 16.6 Å². The van der Waals surface area contributed by atoms with Crippen molar-refractivity contribution in [2.45, 2.75) is 32.7 Å². The third-order valence-corrected chi connectivity index (χ3v) is 3.70. The molecule has 0 aliphatic heterocycles. The molecule has 0 amide bonds. The first kappa shape index (κ1) is 11.2. The third kappa shape index (κ3) is 2.27. The molecule has 0 radical (unpaired) electrons. The van der Waals surface area contributed by atoms with Crippen molar-refractivity contribution in [2.24, 2.45) is 17.7 Å². The van der Waals surface area contributed by atoms with Gasteiger partial charge in [-0.1, -0.05) is 19.9 Å². The smallest absolute Gasteiger partial charge is 0.142 e. The fourth-order valence-corrected chi connectivity index (χ4v) is 2.35. The van der Waals surface area contributed by atoms with Gasteiger partial charge < -0.3 is 10.7 Å². The van der Waals surface area contributed by atoms with E-state index in [0.717, 1.165) is 11.7 Å². The number of hydrogen-bond donors (Lipinski definition) is 3. The maximum absolute atomic E-state index is 5.34. The van der Waals surface area contributed by atoms with Gasteiger partial charge in [-0.2, -0.15) is 0 Å². The maximum Gasteiger partial charge on any atom is 0.142 e. The summed E-state index contributed by atoms with van der Waals surface area (Å²) < 4.78 is 0. The summed E-state index contributed by atoms with van der Waals surface area (Å²) in [7, 11) is 0. The fraction of sp³-hybridized carbons (Fsp3) is 0.583. The van der Waals surface area contributed by atoms with Crippen LogP contribution in [0.2, 0.25) is 0 Å². The number of nitrogens with two attached hydrogens (primary N) is 1. The van der Waals surface area contributed by atoms with E-state index in [1.165, 1.54) is 12.8 Å². The summed E-state index contributed by atoms with van der Waals surface area (Å²) in [6, 6.07) is 6.33. The van der Waals surface area contributed by atoms with Crippen LogP contribution in [0.15, 0.2) is 18.2 Å². The minimum atomic E-state index is 0.538. The molecule has 3 atom stereocenters. The Hall–Kier alpha value is -1.29. The third-order valence-electron chi connectivity index (χ3n) is 3.70. The van der Waals surface area contributed by atoms with Gasteiger partial charge in [0.2, 0.25) is 0 Å². The van der Waals surface area contributed by atoms with Gasteiger partial charge in [-0.15, -0.1) is 0 Å². The number of nitrogen functional groups attached to an aromatic ring is 1. The minimum absolute atomic E-state index is 0.538. The summed E-state index contributed by atoms with van der Waals surface area (Å²) >= 11 is 0. The molecular formula is C12H20N4. The van der Waals surface area contributed by atoms with Crippen LogP contribution in [0, 0.1) is 11.8 Å². The van der Waals surface area contributed by atoms with Crippen LogP contribution in [0.25, 0.3) is 0 Å². The quantitative estimate of drug-likeness (QED) is 0.540. The van der Waals surface area contributed by atoms with Crippen molar-refractivity contribution >= 4 is 11.6 Å². The summed E-state index contributed by atoms with van der Waals surface area (Å²) in [6.45, 7) is 4.62. The molecule has 0 saturated heterocycles. The summed E-state index contributed by atoms with van der Waals surface area (Å²) in [5, 5.41) is 3.49. The molecule has 3 unspecified atom stereocenters. The molecule has 1 saturated carbocycles. The largest absolute Gasteiger partial charge is 0.367 e. The van der Waals surface area contributed by atoms with Crippen LogP contribution in [0.1, 0.15) is 26.7 Å². The Morgan fingerprint density at radius 3 is 2.62 bits per heavy atom. The molecule has 0 spiro atoms. The summed E-state index contributed by atoms with van der Waals surface area (Å²) in [5.74, 6) is 8.44. The first-order valence-electron chi connectivity index (χ1n) is 5.91. The highest BCUT2D eigenvalue weighted by atomic mass is 15.3. The standard InChI is InChI=1S/C12H20N4/c1-8-6-7-10(9(8)2)14-11-4-3-5-12(15-11)16-13/h3-5,8-10H,6-7,13H2,1-2H3,(H2,14,15,16). The zero-order chi connectivity index (χ0) is 11.5. The van der Waals surface area contributed by atoms with Crippen molar-refractivity contribution in [3.8, 4) is 0 Å². The first-order valence-corrected chi connectivity index (χ1v) is 5.91. The second-order valence-corrected chi connectivity index (χ2v) is 4.72. The van der Waals surface area contributed by atoms with Crippen LogP contribution in [0.3, 0.4) is 0 Å². The predicted molar refractivity (Wildman–Crippen MR) is 67.0 cm³/mol. The van der Waals surface area contributed by atoms with Crippen molar-refractivity contribution in [1.29, 1.82) is 0 Å². The van der Waals surface area contributed by atoms with Crippen molar-refractivity contribution < 1.29 is 0 Å². The molecule has 2 rings (SSSR count). The van der Waals surface area contributed by atoms with Crippen molar-refractivity contribution in [1.82, 2.24) is 4.98 Å². The predicted octanol–water partition coefficient (Wildman–Crippen LogP) is 2.21. The molecule has 1 fully saturated rings. The number of pyridine rings is 1. The zero-order valence-electron chi connectivity index (χ0n) is 9.90. The number of aromatic nitrogens is 1. The van der Waals surface area contributed by atoms with E-state index in [-0.39, 0.29) is 0 Å². The Kier molecular flexibility index (Phi) is 3.29. The lowest BCUT2D eigenvalue weighted by molar-refractivity contribution is 0.435. The lowest BCUT2D eigenvalue weighted by atomic mass is 9.98. The van der Waals surface area contributed by atoms with E-state index in [1.54, 1.807) is 0 Å². The lowest BCUT2D eigenvalue weighted by Gasteiger charge is -2.20. The number of nitrogens with one attached hydrogen (secondary N) is 2. The molecule has 1 aliphatic carbocycles. The minimum Gasteiger partial charge on any atom is -0.367 e. The molecule has 0 bridgehead atoms. The number of anilines is 2. The van der Waals surface area contributed by atoms with Crippen molar-refractivity contribution in [2.75, 3.05) is 10.7 Å². The summed E-state index contributed by atoms with van der Waals surface area (Å²) in [4.78, 5) is 4.37. The fourth-order valence-electron chi connectivity index (χ4n) is 2.35. The molecule has 16 heavy (non-hydrogen) atoms. The van der Waals surface area contributed by atoms with Crippen LogP contribution in [-0.4, -0.2) is 11.0 Å². The SMILES string of the molecule is CC1CCC(Nc2cccc(NN)n2)C1C. The number of nitrogens with zero attached hydrogens (tertiary/aromatic N) is 1. The normalized spacial score (nSPS) is 29.1. The van der Waals surface area contributed by atoms with E-state index in [2.05, 4.69) is 29.6 Å². The Balaban J connectivity index is 2.03. The van der Waals surface area contributed by atoms with Crippen LogP contribution in [0.4, 0.5) is 11.6 Å². The van der Waals surface area contributed by atoms with Gasteiger partial charge in [-0.3, -0.25) is 0 Å². The topological polar surface area (TPSA) is 63.0 Å². The monoisotopic (exact) mass is 220 g/mol. The van der Waals surface area contributed by atoms with Gasteiger partial charge in [0.05, 0.1) is 0 Å². The van der Waals surface area contributed by atoms with E-state index in [9.17, 15) is 0 Å². The molecule has 0 aromatic carbocycles. The van der Waals surface area contributed by atoms with Crippen molar-refractivity contribution in [3.05, 3.63) is 18.2 Å². The van der Waals surface area contributed by atoms with Gasteiger partial charge in [0.15, 0.2) is 0 Å². The van der Waals surface area contributed by atoms with E-state index in [1.807, 2.05) is 18.2 Å². The Morgan fingerprint density at radius 2 is 2.00 bits per heavy atom. The average Bonchev–Trinajstić information content (AvgIpc) is 2.61. The van der Waals surface area contributed by atoms with Gasteiger partial charge >= 0.3 is 0 Å². The van der Waals surface area contributed by atoms with Gasteiger partial charge in [-0.05, 0) is 36.8 Å². The Bertz CT molecular complexity index is 353. The molecule has 4 N–H and O–H groups in total. The number of rotatable bonds is 3. The molecule has 1 aliphatic rings. The molecule has 4 nitrogen and oxygen atoms in total. The molecule has 88 valence electrons. The highest BCUT2D eigenvalue weighted by Crippen LogP contribution is 2.32. The maximum atomic E-state index is 5.34. The molecule has 1 aromatic rings. The first-order chi connectivity index (χ1) is 7.70. The zero-order valence-corrected chi connectivity index (χ0v) is 9.90. The van der Waals surface area contributed by atoms with Gasteiger partial charge in [0.1, 0.15) is 11.6 Å². The average molecular weight is 220 g/mol. The molecule has 4 heteroatoms. The highest BCUT2D eigenvalue weighted by molar-refractivity contribution is 5.45. The van der Waals surface area contributed by atoms with Crippen LogP contribution >= 0.6 is 0 Å². The summed E-state index contributed by atoms with van der Waals surface area (Å²) in [6.07, 6.45) is 2.53. The van der Waals surface area contributed by atoms with E-state index >= 15 is 0 Å². The second-order valence-electron chi connectivity index (χ2n) is 4.72. The van der Waals surface area contributed by atoms with E-state index in [4.69, 9.17) is 5.84 Å². The van der Waals surface area contributed by atoms with Gasteiger partial charge in [0, 0.05) is 6.04 Å². The van der Waals surface area contributed by atoms with Crippen molar-refractivity contribution in [3.63, 3.8) is 0 Å². The molecular weight excluding hydrogens is 200 g/mol. The number of hydrogen-bond acceptors (Lipinski definition) is 4. The molecule has 1 aromatic heterocycles. The second kappa shape index (κ2) is 4.70.